The van der Waals surface area contributed by atoms with Crippen LogP contribution in [0.2, 0.25) is 0 Å². The number of anilines is 2. The molecule has 0 saturated heterocycles. The largest absolute Gasteiger partial charge is 0.481 e. The van der Waals surface area contributed by atoms with Gasteiger partial charge in [0.2, 0.25) is 5.91 Å². The van der Waals surface area contributed by atoms with E-state index in [9.17, 15) is 9.59 Å². The van der Waals surface area contributed by atoms with Crippen molar-refractivity contribution >= 4 is 23.2 Å². The van der Waals surface area contributed by atoms with Crippen molar-refractivity contribution in [3.8, 4) is 16.9 Å². The summed E-state index contributed by atoms with van der Waals surface area (Å²) < 4.78 is 5.93. The maximum Gasteiger partial charge on any atom is 0.265 e. The van der Waals surface area contributed by atoms with E-state index < -0.39 is 6.10 Å². The molecule has 1 unspecified atom stereocenters. The van der Waals surface area contributed by atoms with Crippen molar-refractivity contribution in [1.82, 2.24) is 0 Å². The van der Waals surface area contributed by atoms with Gasteiger partial charge < -0.3 is 15.4 Å². The SMILES string of the molecule is CCC(Oc1ccc(-c2ccccc2)cc1)C(=O)Nc1cccc(NC(=O)C(C)C)c1. The van der Waals surface area contributed by atoms with Gasteiger partial charge in [-0.05, 0) is 47.9 Å². The first-order valence-electron chi connectivity index (χ1n) is 10.5. The van der Waals surface area contributed by atoms with Gasteiger partial charge in [-0.2, -0.15) is 0 Å². The van der Waals surface area contributed by atoms with E-state index in [1.165, 1.54) is 0 Å². The first kappa shape index (κ1) is 22.1. The molecular weight excluding hydrogens is 388 g/mol. The van der Waals surface area contributed by atoms with Crippen molar-refractivity contribution < 1.29 is 14.3 Å². The van der Waals surface area contributed by atoms with Gasteiger partial charge in [0.05, 0.1) is 0 Å². The predicted octanol–water partition coefficient (Wildman–Crippen LogP) is 5.74. The van der Waals surface area contributed by atoms with Crippen LogP contribution in [0.1, 0.15) is 27.2 Å². The first-order chi connectivity index (χ1) is 15.0. The van der Waals surface area contributed by atoms with Crippen molar-refractivity contribution in [3.63, 3.8) is 0 Å². The third-order valence-electron chi connectivity index (χ3n) is 4.83. The summed E-state index contributed by atoms with van der Waals surface area (Å²) in [5.41, 5.74) is 3.46. The minimum atomic E-state index is -0.628. The van der Waals surface area contributed by atoms with Crippen molar-refractivity contribution in [2.75, 3.05) is 10.6 Å². The molecule has 3 aromatic rings. The molecule has 0 fully saturated rings. The summed E-state index contributed by atoms with van der Waals surface area (Å²) in [4.78, 5) is 24.7. The Balaban J connectivity index is 1.63. The molecule has 31 heavy (non-hydrogen) atoms. The number of nitrogens with one attached hydrogen (secondary N) is 2. The Bertz CT molecular complexity index is 1010. The van der Waals surface area contributed by atoms with E-state index in [0.29, 0.717) is 23.5 Å². The van der Waals surface area contributed by atoms with Gasteiger partial charge in [-0.25, -0.2) is 0 Å². The number of rotatable bonds is 8. The predicted molar refractivity (Wildman–Crippen MR) is 125 cm³/mol. The van der Waals surface area contributed by atoms with Crippen LogP contribution in [0.3, 0.4) is 0 Å². The molecule has 0 aliphatic rings. The molecule has 0 aliphatic heterocycles. The molecule has 0 radical (unpaired) electrons. The molecular formula is C26H28N2O3. The van der Waals surface area contributed by atoms with Crippen LogP contribution in [-0.2, 0) is 9.59 Å². The molecule has 5 nitrogen and oxygen atoms in total. The summed E-state index contributed by atoms with van der Waals surface area (Å²) in [6.45, 7) is 5.56. The molecule has 0 saturated carbocycles. The van der Waals surface area contributed by atoms with Crippen molar-refractivity contribution in [2.45, 2.75) is 33.3 Å². The number of benzene rings is 3. The van der Waals surface area contributed by atoms with E-state index in [4.69, 9.17) is 4.74 Å². The van der Waals surface area contributed by atoms with Gasteiger partial charge in [0.1, 0.15) is 5.75 Å². The lowest BCUT2D eigenvalue weighted by molar-refractivity contribution is -0.122. The van der Waals surface area contributed by atoms with E-state index in [0.717, 1.165) is 11.1 Å². The third-order valence-corrected chi connectivity index (χ3v) is 4.83. The van der Waals surface area contributed by atoms with Gasteiger partial charge in [-0.3, -0.25) is 9.59 Å². The van der Waals surface area contributed by atoms with E-state index in [1.54, 1.807) is 24.3 Å². The third kappa shape index (κ3) is 6.19. The second kappa shape index (κ2) is 10.4. The number of carbonyl (C=O) groups excluding carboxylic acids is 2. The second-order valence-corrected chi connectivity index (χ2v) is 7.62. The molecule has 0 aromatic heterocycles. The quantitative estimate of drug-likeness (QED) is 0.492. The monoisotopic (exact) mass is 416 g/mol. The van der Waals surface area contributed by atoms with Gasteiger partial charge in [-0.1, -0.05) is 69.3 Å². The van der Waals surface area contributed by atoms with Gasteiger partial charge in [0, 0.05) is 17.3 Å². The van der Waals surface area contributed by atoms with Crippen LogP contribution in [0.4, 0.5) is 11.4 Å². The van der Waals surface area contributed by atoms with Crippen molar-refractivity contribution in [1.29, 1.82) is 0 Å². The van der Waals surface area contributed by atoms with Gasteiger partial charge in [0.15, 0.2) is 6.10 Å². The van der Waals surface area contributed by atoms with Crippen LogP contribution in [-0.4, -0.2) is 17.9 Å². The molecule has 2 amide bonds. The fourth-order valence-electron chi connectivity index (χ4n) is 3.03. The summed E-state index contributed by atoms with van der Waals surface area (Å²) in [5, 5.41) is 5.71. The lowest BCUT2D eigenvalue weighted by Crippen LogP contribution is -2.32. The summed E-state index contributed by atoms with van der Waals surface area (Å²) in [5.74, 6) is 0.211. The molecule has 0 aliphatic carbocycles. The maximum atomic E-state index is 12.8. The summed E-state index contributed by atoms with van der Waals surface area (Å²) in [6.07, 6.45) is -0.104. The Morgan fingerprint density at radius 2 is 1.35 bits per heavy atom. The van der Waals surface area contributed by atoms with Crippen LogP contribution < -0.4 is 15.4 Å². The highest BCUT2D eigenvalue weighted by molar-refractivity contribution is 5.96. The second-order valence-electron chi connectivity index (χ2n) is 7.62. The zero-order valence-electron chi connectivity index (χ0n) is 18.1. The number of carbonyl (C=O) groups is 2. The standard InChI is InChI=1S/C26H28N2O3/c1-4-24(31-23-15-13-20(14-16-23)19-9-6-5-7-10-19)26(30)28-22-12-8-11-21(17-22)27-25(29)18(2)3/h5-18,24H,4H2,1-3H3,(H,27,29)(H,28,30). The van der Waals surface area contributed by atoms with Crippen LogP contribution >= 0.6 is 0 Å². The van der Waals surface area contributed by atoms with Gasteiger partial charge >= 0.3 is 0 Å². The topological polar surface area (TPSA) is 67.4 Å². The zero-order chi connectivity index (χ0) is 22.2. The van der Waals surface area contributed by atoms with E-state index in [1.807, 2.05) is 63.2 Å². The lowest BCUT2D eigenvalue weighted by atomic mass is 10.1. The van der Waals surface area contributed by atoms with Crippen molar-refractivity contribution in [2.24, 2.45) is 5.92 Å². The number of hydrogen-bond acceptors (Lipinski definition) is 3. The molecule has 2 N–H and O–H groups in total. The normalized spacial score (nSPS) is 11.6. The average molecular weight is 417 g/mol. The van der Waals surface area contributed by atoms with E-state index in [-0.39, 0.29) is 17.7 Å². The maximum absolute atomic E-state index is 12.8. The summed E-state index contributed by atoms with van der Waals surface area (Å²) in [6, 6.07) is 24.9. The minimum absolute atomic E-state index is 0.0720. The Morgan fingerprint density at radius 1 is 0.774 bits per heavy atom. The first-order valence-corrected chi connectivity index (χ1v) is 10.5. The number of hydrogen-bond donors (Lipinski definition) is 2. The summed E-state index contributed by atoms with van der Waals surface area (Å²) >= 11 is 0. The molecule has 3 aromatic carbocycles. The average Bonchev–Trinajstić information content (AvgIpc) is 2.78. The van der Waals surface area contributed by atoms with Gasteiger partial charge in [-0.15, -0.1) is 0 Å². The highest BCUT2D eigenvalue weighted by Crippen LogP contribution is 2.23. The fraction of sp³-hybridized carbons (Fsp3) is 0.231. The lowest BCUT2D eigenvalue weighted by Gasteiger charge is -2.18. The smallest absolute Gasteiger partial charge is 0.265 e. The highest BCUT2D eigenvalue weighted by atomic mass is 16.5. The van der Waals surface area contributed by atoms with Crippen LogP contribution in [0.15, 0.2) is 78.9 Å². The van der Waals surface area contributed by atoms with Crippen LogP contribution in [0.25, 0.3) is 11.1 Å². The fourth-order valence-corrected chi connectivity index (χ4v) is 3.03. The molecule has 160 valence electrons. The summed E-state index contributed by atoms with van der Waals surface area (Å²) in [7, 11) is 0. The van der Waals surface area contributed by atoms with Crippen LogP contribution in [0.5, 0.6) is 5.75 Å². The Kier molecular flexibility index (Phi) is 7.44. The van der Waals surface area contributed by atoms with Crippen LogP contribution in [0, 0.1) is 5.92 Å². The number of ether oxygens (including phenoxy) is 1. The zero-order valence-corrected chi connectivity index (χ0v) is 18.1. The molecule has 0 heterocycles. The highest BCUT2D eigenvalue weighted by Gasteiger charge is 2.19. The molecule has 5 heteroatoms. The molecule has 1 atom stereocenters. The Labute approximate surface area is 183 Å². The molecule has 0 bridgehead atoms. The van der Waals surface area contributed by atoms with E-state index >= 15 is 0 Å². The Hall–Kier alpha value is -3.60. The number of amides is 2. The van der Waals surface area contributed by atoms with Gasteiger partial charge in [0.25, 0.3) is 5.91 Å². The van der Waals surface area contributed by atoms with Crippen molar-refractivity contribution in [3.05, 3.63) is 78.9 Å². The minimum Gasteiger partial charge on any atom is -0.481 e. The molecule has 0 spiro atoms. The Morgan fingerprint density at radius 3 is 1.94 bits per heavy atom. The molecule has 3 rings (SSSR count). The van der Waals surface area contributed by atoms with E-state index in [2.05, 4.69) is 22.8 Å².